The zero-order chi connectivity index (χ0) is 45.9. The van der Waals surface area contributed by atoms with Crippen LogP contribution in [0, 0.1) is 0 Å². The smallest absolute Gasteiger partial charge is 0.135 e. The highest BCUT2D eigenvalue weighted by atomic mass is 32.1. The minimum atomic E-state index is -0.671. The van der Waals surface area contributed by atoms with Gasteiger partial charge in [0.05, 0.1) is 11.1 Å². The Balaban J connectivity index is 1.07. The average molecular weight is 908 g/mol. The van der Waals surface area contributed by atoms with Gasteiger partial charge in [0.2, 0.25) is 0 Å². The number of para-hydroxylation sites is 3. The lowest BCUT2D eigenvalue weighted by molar-refractivity contribution is 0.488. The first kappa shape index (κ1) is 39.3. The third-order valence-electron chi connectivity index (χ3n) is 15.1. The van der Waals surface area contributed by atoms with Crippen LogP contribution >= 0.6 is 11.3 Å². The SMILES string of the molecule is c1ccc(-c2ccccc2N(c2ccc3c(c2)-c2ccccc2Oc2ccccc2-3)c2ccc3c(c2)C2(c4ccccc4-c4ccccc4-3)c3ccccc3-c3c2ccc2c3sc3ccccc32)cc1. The van der Waals surface area contributed by atoms with E-state index in [-0.39, 0.29) is 0 Å². The molecule has 0 saturated heterocycles. The van der Waals surface area contributed by atoms with Gasteiger partial charge in [0, 0.05) is 53.8 Å². The standard InChI is InChI=1S/C67H41NOS/c1-2-18-42(19-3-1)45-20-8-14-30-61(45)68(43-34-36-48-51-24-9-15-31-62(51)69-63-32-16-10-25-52(63)56(48)40-43)44-35-37-50-47-22-5-4-21-46(47)49-23-6-12-28-57(49)67(60(50)41-44)58-29-13-7-27-55(58)65-59(67)39-38-54-53-26-11-17-33-64(53)70-66(54)65/h1-41H. The van der Waals surface area contributed by atoms with Crippen LogP contribution in [0.15, 0.2) is 249 Å². The number of thiophene rings is 1. The summed E-state index contributed by atoms with van der Waals surface area (Å²) < 4.78 is 9.36. The molecule has 1 aromatic heterocycles. The Morgan fingerprint density at radius 2 is 0.857 bits per heavy atom. The van der Waals surface area contributed by atoms with E-state index >= 15 is 0 Å². The maximum absolute atomic E-state index is 6.70. The van der Waals surface area contributed by atoms with Crippen LogP contribution in [0.3, 0.4) is 0 Å². The maximum Gasteiger partial charge on any atom is 0.135 e. The molecule has 12 aromatic rings. The van der Waals surface area contributed by atoms with E-state index in [0.29, 0.717) is 0 Å². The van der Waals surface area contributed by atoms with Gasteiger partial charge in [0.25, 0.3) is 0 Å². The van der Waals surface area contributed by atoms with Crippen molar-refractivity contribution >= 4 is 48.6 Å². The molecule has 11 aromatic carbocycles. The molecule has 0 amide bonds. The number of fused-ring (bicyclic) bond motifs is 21. The fourth-order valence-electron chi connectivity index (χ4n) is 12.2. The molecule has 0 radical (unpaired) electrons. The highest BCUT2D eigenvalue weighted by Crippen LogP contribution is 2.64. The molecule has 1 unspecified atom stereocenters. The minimum absolute atomic E-state index is 0.671. The molecule has 15 rings (SSSR count). The van der Waals surface area contributed by atoms with E-state index in [1.807, 2.05) is 11.3 Å². The van der Waals surface area contributed by atoms with E-state index in [9.17, 15) is 0 Å². The number of benzene rings is 11. The van der Waals surface area contributed by atoms with Crippen molar-refractivity contribution in [3.05, 3.63) is 271 Å². The predicted molar refractivity (Wildman–Crippen MR) is 292 cm³/mol. The van der Waals surface area contributed by atoms with Crippen molar-refractivity contribution in [1.29, 1.82) is 0 Å². The summed E-state index contributed by atoms with van der Waals surface area (Å²) in [5.41, 5.74) is 22.1. The third kappa shape index (κ3) is 5.49. The van der Waals surface area contributed by atoms with Gasteiger partial charge >= 0.3 is 0 Å². The first-order valence-electron chi connectivity index (χ1n) is 24.1. The number of anilines is 3. The summed E-state index contributed by atoms with van der Waals surface area (Å²) in [6.45, 7) is 0. The molecule has 2 nitrogen and oxygen atoms in total. The zero-order valence-electron chi connectivity index (χ0n) is 37.9. The van der Waals surface area contributed by atoms with Crippen LogP contribution in [-0.4, -0.2) is 0 Å². The zero-order valence-corrected chi connectivity index (χ0v) is 38.8. The Morgan fingerprint density at radius 1 is 0.329 bits per heavy atom. The summed E-state index contributed by atoms with van der Waals surface area (Å²) in [5.74, 6) is 1.70. The molecule has 3 aliphatic rings. The topological polar surface area (TPSA) is 12.5 Å². The molecule has 1 atom stereocenters. The van der Waals surface area contributed by atoms with Gasteiger partial charge in [-0.2, -0.15) is 0 Å². The summed E-state index contributed by atoms with van der Waals surface area (Å²) >= 11 is 1.92. The van der Waals surface area contributed by atoms with Gasteiger partial charge in [-0.15, -0.1) is 11.3 Å². The fraction of sp³-hybridized carbons (Fsp3) is 0.0149. The molecule has 3 heteroatoms. The lowest BCUT2D eigenvalue weighted by Crippen LogP contribution is -2.29. The molecule has 0 fully saturated rings. The van der Waals surface area contributed by atoms with Gasteiger partial charge in [-0.3, -0.25) is 0 Å². The molecule has 1 aliphatic heterocycles. The quantitative estimate of drug-likeness (QED) is 0.174. The number of ether oxygens (including phenoxy) is 1. The highest BCUT2D eigenvalue weighted by Gasteiger charge is 2.50. The first-order chi connectivity index (χ1) is 34.7. The molecule has 2 aliphatic carbocycles. The van der Waals surface area contributed by atoms with E-state index in [1.165, 1.54) is 75.8 Å². The fourth-order valence-corrected chi connectivity index (χ4v) is 13.5. The Bertz CT molecular complexity index is 4130. The Labute approximate surface area is 410 Å². The second-order valence-electron chi connectivity index (χ2n) is 18.6. The van der Waals surface area contributed by atoms with Gasteiger partial charge in [0.1, 0.15) is 11.5 Å². The molecule has 70 heavy (non-hydrogen) atoms. The summed E-state index contributed by atoms with van der Waals surface area (Å²) in [7, 11) is 0. The summed E-state index contributed by atoms with van der Waals surface area (Å²) in [5, 5.41) is 2.62. The molecule has 1 spiro atoms. The molecule has 0 saturated carbocycles. The van der Waals surface area contributed by atoms with Crippen LogP contribution < -0.4 is 9.64 Å². The van der Waals surface area contributed by atoms with Crippen LogP contribution in [0.4, 0.5) is 17.1 Å². The molecule has 326 valence electrons. The van der Waals surface area contributed by atoms with E-state index < -0.39 is 5.41 Å². The largest absolute Gasteiger partial charge is 0.456 e. The summed E-state index contributed by atoms with van der Waals surface area (Å²) in [6, 6.07) is 92.1. The Morgan fingerprint density at radius 3 is 1.61 bits per heavy atom. The average Bonchev–Trinajstić information content (AvgIpc) is 3.88. The van der Waals surface area contributed by atoms with Gasteiger partial charge < -0.3 is 9.64 Å². The lowest BCUT2D eigenvalue weighted by Gasteiger charge is -2.37. The molecule has 2 heterocycles. The van der Waals surface area contributed by atoms with Crippen LogP contribution in [0.5, 0.6) is 11.5 Å². The Kier molecular flexibility index (Phi) is 8.48. The Hall–Kier alpha value is -8.76. The van der Waals surface area contributed by atoms with Crippen LogP contribution in [0.2, 0.25) is 0 Å². The van der Waals surface area contributed by atoms with E-state index in [2.05, 4.69) is 254 Å². The van der Waals surface area contributed by atoms with Crippen LogP contribution in [0.1, 0.15) is 22.3 Å². The number of hydrogen-bond acceptors (Lipinski definition) is 3. The van der Waals surface area contributed by atoms with Crippen molar-refractivity contribution in [2.75, 3.05) is 4.90 Å². The van der Waals surface area contributed by atoms with E-state index in [0.717, 1.165) is 61.9 Å². The second-order valence-corrected chi connectivity index (χ2v) is 19.7. The van der Waals surface area contributed by atoms with Gasteiger partial charge in [-0.05, 0) is 115 Å². The number of rotatable bonds is 4. The lowest BCUT2D eigenvalue weighted by atomic mass is 9.65. The van der Waals surface area contributed by atoms with Gasteiger partial charge in [-0.25, -0.2) is 0 Å². The van der Waals surface area contributed by atoms with Crippen LogP contribution in [-0.2, 0) is 5.41 Å². The van der Waals surface area contributed by atoms with Crippen molar-refractivity contribution in [2.45, 2.75) is 5.41 Å². The molecular weight excluding hydrogens is 867 g/mol. The van der Waals surface area contributed by atoms with Crippen molar-refractivity contribution in [3.8, 4) is 78.3 Å². The van der Waals surface area contributed by atoms with Crippen molar-refractivity contribution in [2.24, 2.45) is 0 Å². The van der Waals surface area contributed by atoms with Crippen LogP contribution in [0.25, 0.3) is 86.9 Å². The van der Waals surface area contributed by atoms with E-state index in [1.54, 1.807) is 0 Å². The third-order valence-corrected chi connectivity index (χ3v) is 16.3. The van der Waals surface area contributed by atoms with Crippen molar-refractivity contribution in [3.63, 3.8) is 0 Å². The molecular formula is C67H41NOS. The van der Waals surface area contributed by atoms with Crippen molar-refractivity contribution in [1.82, 2.24) is 0 Å². The monoisotopic (exact) mass is 907 g/mol. The summed E-state index contributed by atoms with van der Waals surface area (Å²) in [4.78, 5) is 2.50. The van der Waals surface area contributed by atoms with Gasteiger partial charge in [0.15, 0.2) is 0 Å². The second kappa shape index (κ2) is 15.1. The minimum Gasteiger partial charge on any atom is -0.456 e. The highest BCUT2D eigenvalue weighted by molar-refractivity contribution is 7.26. The maximum atomic E-state index is 6.70. The molecule has 0 bridgehead atoms. The predicted octanol–water partition coefficient (Wildman–Crippen LogP) is 18.6. The van der Waals surface area contributed by atoms with E-state index in [4.69, 9.17) is 4.74 Å². The summed E-state index contributed by atoms with van der Waals surface area (Å²) in [6.07, 6.45) is 0. The van der Waals surface area contributed by atoms with Gasteiger partial charge in [-0.1, -0.05) is 200 Å². The first-order valence-corrected chi connectivity index (χ1v) is 24.9. The van der Waals surface area contributed by atoms with Crippen molar-refractivity contribution < 1.29 is 4.74 Å². The molecule has 0 N–H and O–H groups in total. The number of hydrogen-bond donors (Lipinski definition) is 0. The number of nitrogens with zero attached hydrogens (tertiary/aromatic N) is 1. The normalized spacial score (nSPS) is 14.5.